The molecule has 1 amide bonds. The molecule has 16 heavy (non-hydrogen) atoms. The Morgan fingerprint density at radius 2 is 1.94 bits per heavy atom. The van der Waals surface area contributed by atoms with Crippen LogP contribution in [0.15, 0.2) is 0 Å². The zero-order valence-electron chi connectivity index (χ0n) is 9.32. The maximum Gasteiger partial charge on any atom is 0.308 e. The molecule has 5 nitrogen and oxygen atoms in total. The fourth-order valence-electron chi connectivity index (χ4n) is 2.34. The maximum absolute atomic E-state index is 11.7. The lowest BCUT2D eigenvalue weighted by Crippen LogP contribution is -2.50. The van der Waals surface area contributed by atoms with Crippen LogP contribution >= 0.6 is 0 Å². The average Bonchev–Trinajstić information content (AvgIpc) is 2.67. The number of carboxylic acids is 1. The van der Waals surface area contributed by atoms with E-state index >= 15 is 0 Å². The Morgan fingerprint density at radius 1 is 1.25 bits per heavy atom. The second-order valence-electron chi connectivity index (χ2n) is 4.60. The van der Waals surface area contributed by atoms with E-state index in [2.05, 4.69) is 5.32 Å². The lowest BCUT2D eigenvalue weighted by molar-refractivity contribution is -0.146. The molecule has 0 aromatic carbocycles. The molecule has 2 fully saturated rings. The Hall–Kier alpha value is -1.10. The molecule has 5 heteroatoms. The second-order valence-corrected chi connectivity index (χ2v) is 4.60. The van der Waals surface area contributed by atoms with E-state index in [1.54, 1.807) is 0 Å². The van der Waals surface area contributed by atoms with Gasteiger partial charge in [-0.25, -0.2) is 0 Å². The number of carboxylic acid groups (broad SMARTS) is 1. The SMILES string of the molecule is O=C(O)C1CCC1NCC(=O)N1CCCC1. The summed E-state index contributed by atoms with van der Waals surface area (Å²) in [4.78, 5) is 24.3. The first-order valence-electron chi connectivity index (χ1n) is 5.92. The lowest BCUT2D eigenvalue weighted by atomic mass is 9.79. The van der Waals surface area contributed by atoms with Gasteiger partial charge in [0.1, 0.15) is 0 Å². The minimum Gasteiger partial charge on any atom is -0.481 e. The van der Waals surface area contributed by atoms with Gasteiger partial charge in [-0.3, -0.25) is 9.59 Å². The van der Waals surface area contributed by atoms with Crippen molar-refractivity contribution in [1.82, 2.24) is 10.2 Å². The molecule has 0 spiro atoms. The number of nitrogens with zero attached hydrogens (tertiary/aromatic N) is 1. The zero-order valence-corrected chi connectivity index (χ0v) is 9.32. The van der Waals surface area contributed by atoms with Gasteiger partial charge < -0.3 is 15.3 Å². The molecular weight excluding hydrogens is 208 g/mol. The number of likely N-dealkylation sites (tertiary alicyclic amines) is 1. The van der Waals surface area contributed by atoms with E-state index in [1.165, 1.54) is 0 Å². The van der Waals surface area contributed by atoms with Crippen LogP contribution in [0.2, 0.25) is 0 Å². The van der Waals surface area contributed by atoms with Crippen LogP contribution in [-0.2, 0) is 9.59 Å². The third kappa shape index (κ3) is 2.35. The Kier molecular flexibility index (Phi) is 3.43. The molecule has 0 aromatic rings. The van der Waals surface area contributed by atoms with Crippen molar-refractivity contribution in [2.75, 3.05) is 19.6 Å². The van der Waals surface area contributed by atoms with Gasteiger partial charge in [-0.15, -0.1) is 0 Å². The molecule has 1 aliphatic carbocycles. The summed E-state index contributed by atoms with van der Waals surface area (Å²) < 4.78 is 0. The van der Waals surface area contributed by atoms with Gasteiger partial charge in [0.05, 0.1) is 12.5 Å². The maximum atomic E-state index is 11.7. The lowest BCUT2D eigenvalue weighted by Gasteiger charge is -2.34. The minimum atomic E-state index is -0.752. The monoisotopic (exact) mass is 226 g/mol. The van der Waals surface area contributed by atoms with Crippen LogP contribution in [0.4, 0.5) is 0 Å². The number of carbonyl (C=O) groups excluding carboxylic acids is 1. The molecule has 2 N–H and O–H groups in total. The number of nitrogens with one attached hydrogen (secondary N) is 1. The van der Waals surface area contributed by atoms with E-state index in [1.807, 2.05) is 4.90 Å². The molecule has 2 atom stereocenters. The number of carbonyl (C=O) groups is 2. The van der Waals surface area contributed by atoms with Gasteiger partial charge in [-0.2, -0.15) is 0 Å². The van der Waals surface area contributed by atoms with Gasteiger partial charge >= 0.3 is 5.97 Å². The van der Waals surface area contributed by atoms with Crippen molar-refractivity contribution in [3.63, 3.8) is 0 Å². The van der Waals surface area contributed by atoms with Gasteiger partial charge in [0, 0.05) is 19.1 Å². The van der Waals surface area contributed by atoms with Crippen molar-refractivity contribution in [2.45, 2.75) is 31.7 Å². The predicted molar refractivity (Wildman–Crippen MR) is 58.0 cm³/mol. The number of amides is 1. The summed E-state index contributed by atoms with van der Waals surface area (Å²) in [5, 5.41) is 11.9. The topological polar surface area (TPSA) is 69.6 Å². The van der Waals surface area contributed by atoms with Crippen LogP contribution in [0, 0.1) is 5.92 Å². The standard InChI is InChI=1S/C11H18N2O3/c14-10(13-5-1-2-6-13)7-12-9-4-3-8(9)11(15)16/h8-9,12H,1-7H2,(H,15,16). The molecule has 2 unspecified atom stereocenters. The number of hydrogen-bond donors (Lipinski definition) is 2. The van der Waals surface area contributed by atoms with Crippen molar-refractivity contribution in [2.24, 2.45) is 5.92 Å². The molecule has 1 saturated carbocycles. The van der Waals surface area contributed by atoms with E-state index in [9.17, 15) is 9.59 Å². The smallest absolute Gasteiger partial charge is 0.308 e. The molecule has 1 heterocycles. The molecule has 1 aliphatic heterocycles. The van der Waals surface area contributed by atoms with Crippen LogP contribution < -0.4 is 5.32 Å². The summed E-state index contributed by atoms with van der Waals surface area (Å²) in [6.07, 6.45) is 3.77. The van der Waals surface area contributed by atoms with Crippen LogP contribution in [0.5, 0.6) is 0 Å². The summed E-state index contributed by atoms with van der Waals surface area (Å²) in [5.41, 5.74) is 0. The third-order valence-corrected chi connectivity index (χ3v) is 3.57. The largest absolute Gasteiger partial charge is 0.481 e. The van der Waals surface area contributed by atoms with Crippen LogP contribution in [0.1, 0.15) is 25.7 Å². The molecule has 2 aliphatic rings. The van der Waals surface area contributed by atoms with Crippen molar-refractivity contribution < 1.29 is 14.7 Å². The highest BCUT2D eigenvalue weighted by Gasteiger charge is 2.36. The van der Waals surface area contributed by atoms with Crippen LogP contribution in [0.3, 0.4) is 0 Å². The summed E-state index contributed by atoms with van der Waals surface area (Å²) in [6.45, 7) is 2.00. The number of hydrogen-bond acceptors (Lipinski definition) is 3. The van der Waals surface area contributed by atoms with Gasteiger partial charge in [0.2, 0.25) is 5.91 Å². The average molecular weight is 226 g/mol. The molecule has 90 valence electrons. The first-order valence-corrected chi connectivity index (χ1v) is 5.92. The van der Waals surface area contributed by atoms with Gasteiger partial charge in [-0.05, 0) is 25.7 Å². The Morgan fingerprint density at radius 3 is 2.44 bits per heavy atom. The number of rotatable bonds is 4. The zero-order chi connectivity index (χ0) is 11.5. The molecule has 1 saturated heterocycles. The molecule has 2 rings (SSSR count). The van der Waals surface area contributed by atoms with E-state index < -0.39 is 5.97 Å². The van der Waals surface area contributed by atoms with E-state index in [-0.39, 0.29) is 24.4 Å². The Bertz CT molecular complexity index is 287. The molecule has 0 radical (unpaired) electrons. The Balaban J connectivity index is 1.71. The molecule has 0 aromatic heterocycles. The van der Waals surface area contributed by atoms with Crippen LogP contribution in [-0.4, -0.2) is 47.6 Å². The Labute approximate surface area is 94.8 Å². The van der Waals surface area contributed by atoms with Crippen molar-refractivity contribution in [1.29, 1.82) is 0 Å². The van der Waals surface area contributed by atoms with Crippen molar-refractivity contribution in [3.8, 4) is 0 Å². The fourth-order valence-corrected chi connectivity index (χ4v) is 2.34. The highest BCUT2D eigenvalue weighted by molar-refractivity contribution is 5.78. The van der Waals surface area contributed by atoms with Crippen molar-refractivity contribution >= 4 is 11.9 Å². The van der Waals surface area contributed by atoms with E-state index in [0.717, 1.165) is 38.8 Å². The van der Waals surface area contributed by atoms with Crippen LogP contribution in [0.25, 0.3) is 0 Å². The summed E-state index contributed by atoms with van der Waals surface area (Å²) in [7, 11) is 0. The molecule has 0 bridgehead atoms. The minimum absolute atomic E-state index is 0.0101. The number of aliphatic carboxylic acids is 1. The highest BCUT2D eigenvalue weighted by atomic mass is 16.4. The predicted octanol–water partition coefficient (Wildman–Crippen LogP) is 0.0616. The van der Waals surface area contributed by atoms with Gasteiger partial charge in [0.25, 0.3) is 0 Å². The quantitative estimate of drug-likeness (QED) is 0.711. The summed E-state index contributed by atoms with van der Waals surface area (Å²) in [6, 6.07) is -0.0101. The normalized spacial score (nSPS) is 28.9. The van der Waals surface area contributed by atoms with Crippen molar-refractivity contribution in [3.05, 3.63) is 0 Å². The summed E-state index contributed by atoms with van der Waals surface area (Å²) in [5.74, 6) is -0.947. The van der Waals surface area contributed by atoms with E-state index in [4.69, 9.17) is 5.11 Å². The first-order chi connectivity index (χ1) is 7.68. The van der Waals surface area contributed by atoms with E-state index in [0.29, 0.717) is 0 Å². The third-order valence-electron chi connectivity index (χ3n) is 3.57. The van der Waals surface area contributed by atoms with Gasteiger partial charge in [0.15, 0.2) is 0 Å². The van der Waals surface area contributed by atoms with Gasteiger partial charge in [-0.1, -0.05) is 0 Å². The first kappa shape index (κ1) is 11.4. The molecular formula is C11H18N2O3. The summed E-state index contributed by atoms with van der Waals surface area (Å²) >= 11 is 0. The second kappa shape index (κ2) is 4.82. The highest BCUT2D eigenvalue weighted by Crippen LogP contribution is 2.27. The fraction of sp³-hybridized carbons (Fsp3) is 0.818.